The molecule has 26 heavy (non-hydrogen) atoms. The maximum Gasteiger partial charge on any atom is 0.232 e. The second-order valence-electron chi connectivity index (χ2n) is 6.30. The van der Waals surface area contributed by atoms with Gasteiger partial charge in [0.1, 0.15) is 0 Å². The van der Waals surface area contributed by atoms with E-state index < -0.39 is 6.10 Å². The molecule has 0 fully saturated rings. The first-order valence-corrected chi connectivity index (χ1v) is 9.87. The smallest absolute Gasteiger partial charge is 0.232 e. The van der Waals surface area contributed by atoms with Crippen LogP contribution in [0.25, 0.3) is 10.9 Å². The molecule has 136 valence electrons. The van der Waals surface area contributed by atoms with Crippen LogP contribution in [0, 0.1) is 0 Å². The molecule has 0 saturated carbocycles. The Bertz CT molecular complexity index is 847. The van der Waals surface area contributed by atoms with Gasteiger partial charge >= 0.3 is 0 Å². The molecule has 3 rings (SSSR count). The highest BCUT2D eigenvalue weighted by Gasteiger charge is 2.16. The predicted molar refractivity (Wildman–Crippen MR) is 108 cm³/mol. The molecule has 0 bridgehead atoms. The summed E-state index contributed by atoms with van der Waals surface area (Å²) in [7, 11) is 0. The SMILES string of the molecule is CC(SCC(O)c1ccccc1)C(=O)NCCc1c[nH]c2ccccc12. The van der Waals surface area contributed by atoms with Crippen LogP contribution in [0.4, 0.5) is 0 Å². The third-order valence-corrected chi connectivity index (χ3v) is 5.65. The largest absolute Gasteiger partial charge is 0.388 e. The standard InChI is InChI=1S/C21H24N2O2S/c1-15(26-14-20(24)16-7-3-2-4-8-16)21(25)22-12-11-17-13-23-19-10-6-5-9-18(17)19/h2-10,13,15,20,23-24H,11-12,14H2,1H3,(H,22,25). The van der Waals surface area contributed by atoms with Gasteiger partial charge < -0.3 is 15.4 Å². The van der Waals surface area contributed by atoms with E-state index in [1.165, 1.54) is 22.7 Å². The molecule has 4 nitrogen and oxygen atoms in total. The second kappa shape index (κ2) is 8.92. The summed E-state index contributed by atoms with van der Waals surface area (Å²) in [5.41, 5.74) is 3.21. The Morgan fingerprint density at radius 1 is 1.15 bits per heavy atom. The van der Waals surface area contributed by atoms with Gasteiger partial charge in [-0.1, -0.05) is 48.5 Å². The normalized spacial score (nSPS) is 13.5. The Morgan fingerprint density at radius 3 is 2.69 bits per heavy atom. The van der Waals surface area contributed by atoms with Crippen LogP contribution in [0.1, 0.15) is 24.2 Å². The Labute approximate surface area is 158 Å². The van der Waals surface area contributed by atoms with E-state index in [0.29, 0.717) is 12.3 Å². The predicted octanol–water partition coefficient (Wildman–Crippen LogP) is 3.68. The van der Waals surface area contributed by atoms with Gasteiger partial charge in [-0.25, -0.2) is 0 Å². The number of thioether (sulfide) groups is 1. The summed E-state index contributed by atoms with van der Waals surface area (Å²) in [6, 6.07) is 17.7. The number of carbonyl (C=O) groups excluding carboxylic acids is 1. The number of H-pyrrole nitrogens is 1. The van der Waals surface area contributed by atoms with E-state index in [9.17, 15) is 9.90 Å². The van der Waals surface area contributed by atoms with Crippen molar-refractivity contribution in [3.63, 3.8) is 0 Å². The molecule has 5 heteroatoms. The number of hydrogen-bond acceptors (Lipinski definition) is 3. The molecule has 2 atom stereocenters. The molecule has 0 aliphatic heterocycles. The minimum atomic E-state index is -0.553. The zero-order valence-electron chi connectivity index (χ0n) is 14.8. The quantitative estimate of drug-likeness (QED) is 0.568. The molecule has 0 spiro atoms. The number of para-hydroxylation sites is 1. The van der Waals surface area contributed by atoms with Gasteiger partial charge in [0.2, 0.25) is 5.91 Å². The van der Waals surface area contributed by atoms with E-state index in [4.69, 9.17) is 0 Å². The van der Waals surface area contributed by atoms with Gasteiger partial charge in [-0.15, -0.1) is 11.8 Å². The molecule has 2 aromatic carbocycles. The number of benzene rings is 2. The lowest BCUT2D eigenvalue weighted by atomic mass is 10.1. The third-order valence-electron chi connectivity index (χ3n) is 4.43. The minimum absolute atomic E-state index is 0.00935. The number of nitrogens with one attached hydrogen (secondary N) is 2. The van der Waals surface area contributed by atoms with Crippen molar-refractivity contribution in [2.24, 2.45) is 0 Å². The first-order valence-electron chi connectivity index (χ1n) is 8.82. The summed E-state index contributed by atoms with van der Waals surface area (Å²) >= 11 is 1.47. The van der Waals surface area contributed by atoms with Gasteiger partial charge in [0.05, 0.1) is 11.4 Å². The molecular formula is C21H24N2O2S. The molecule has 0 saturated heterocycles. The fourth-order valence-electron chi connectivity index (χ4n) is 2.89. The van der Waals surface area contributed by atoms with Crippen LogP contribution in [0.5, 0.6) is 0 Å². The number of rotatable bonds is 8. The fourth-order valence-corrected chi connectivity index (χ4v) is 3.78. The highest BCUT2D eigenvalue weighted by Crippen LogP contribution is 2.21. The first-order chi connectivity index (χ1) is 12.6. The second-order valence-corrected chi connectivity index (χ2v) is 7.68. The van der Waals surface area contributed by atoms with Crippen LogP contribution in [0.15, 0.2) is 60.8 Å². The molecule has 0 aliphatic rings. The van der Waals surface area contributed by atoms with Crippen molar-refractivity contribution in [1.82, 2.24) is 10.3 Å². The van der Waals surface area contributed by atoms with Gasteiger partial charge in [-0.3, -0.25) is 4.79 Å². The highest BCUT2D eigenvalue weighted by molar-refractivity contribution is 8.00. The van der Waals surface area contributed by atoms with E-state index in [-0.39, 0.29) is 11.2 Å². The van der Waals surface area contributed by atoms with Crippen molar-refractivity contribution in [2.45, 2.75) is 24.7 Å². The fraction of sp³-hybridized carbons (Fsp3) is 0.286. The van der Waals surface area contributed by atoms with Gasteiger partial charge in [0, 0.05) is 29.4 Å². The van der Waals surface area contributed by atoms with Crippen LogP contribution < -0.4 is 5.32 Å². The summed E-state index contributed by atoms with van der Waals surface area (Å²) in [5.74, 6) is 0.510. The molecular weight excluding hydrogens is 344 g/mol. The van der Waals surface area contributed by atoms with E-state index in [1.807, 2.05) is 61.7 Å². The number of aliphatic hydroxyl groups excluding tert-OH is 1. The average Bonchev–Trinajstić information content (AvgIpc) is 3.09. The summed E-state index contributed by atoms with van der Waals surface area (Å²) in [6.07, 6.45) is 2.24. The Kier molecular flexibility index (Phi) is 6.36. The van der Waals surface area contributed by atoms with Crippen molar-refractivity contribution in [3.8, 4) is 0 Å². The van der Waals surface area contributed by atoms with Gasteiger partial charge in [-0.05, 0) is 30.5 Å². The van der Waals surface area contributed by atoms with Crippen LogP contribution in [0.2, 0.25) is 0 Å². The van der Waals surface area contributed by atoms with Crippen molar-refractivity contribution in [1.29, 1.82) is 0 Å². The zero-order valence-corrected chi connectivity index (χ0v) is 15.6. The van der Waals surface area contributed by atoms with Crippen molar-refractivity contribution in [2.75, 3.05) is 12.3 Å². The van der Waals surface area contributed by atoms with Crippen LogP contribution in [-0.4, -0.2) is 33.5 Å². The Balaban J connectivity index is 1.43. The lowest BCUT2D eigenvalue weighted by Crippen LogP contribution is -2.32. The molecule has 3 N–H and O–H groups in total. The Morgan fingerprint density at radius 2 is 1.88 bits per heavy atom. The van der Waals surface area contributed by atoms with Crippen LogP contribution in [0.3, 0.4) is 0 Å². The lowest BCUT2D eigenvalue weighted by Gasteiger charge is -2.15. The van der Waals surface area contributed by atoms with Crippen LogP contribution >= 0.6 is 11.8 Å². The summed E-state index contributed by atoms with van der Waals surface area (Å²) in [6.45, 7) is 2.48. The monoisotopic (exact) mass is 368 g/mol. The maximum atomic E-state index is 12.3. The lowest BCUT2D eigenvalue weighted by molar-refractivity contribution is -0.120. The van der Waals surface area contributed by atoms with Crippen LogP contribution in [-0.2, 0) is 11.2 Å². The van der Waals surface area contributed by atoms with Gasteiger partial charge in [0.25, 0.3) is 0 Å². The number of aromatic amines is 1. The molecule has 0 aliphatic carbocycles. The van der Waals surface area contributed by atoms with E-state index in [0.717, 1.165) is 17.5 Å². The van der Waals surface area contributed by atoms with Gasteiger partial charge in [-0.2, -0.15) is 0 Å². The van der Waals surface area contributed by atoms with Crippen molar-refractivity contribution >= 4 is 28.6 Å². The number of aromatic nitrogens is 1. The summed E-state index contributed by atoms with van der Waals surface area (Å²) < 4.78 is 0. The molecule has 3 aromatic rings. The van der Waals surface area contributed by atoms with E-state index >= 15 is 0 Å². The molecule has 1 aromatic heterocycles. The van der Waals surface area contributed by atoms with Crippen molar-refractivity contribution in [3.05, 3.63) is 71.9 Å². The van der Waals surface area contributed by atoms with Gasteiger partial charge in [0.15, 0.2) is 0 Å². The molecule has 2 unspecified atom stereocenters. The summed E-state index contributed by atoms with van der Waals surface area (Å²) in [4.78, 5) is 15.5. The third kappa shape index (κ3) is 4.68. The number of carbonyl (C=O) groups is 1. The molecule has 1 amide bonds. The van der Waals surface area contributed by atoms with Crippen molar-refractivity contribution < 1.29 is 9.90 Å². The van der Waals surface area contributed by atoms with E-state index in [1.54, 1.807) is 0 Å². The molecule has 0 radical (unpaired) electrons. The maximum absolute atomic E-state index is 12.3. The number of fused-ring (bicyclic) bond motifs is 1. The number of amides is 1. The van der Waals surface area contributed by atoms with E-state index in [2.05, 4.69) is 16.4 Å². The number of hydrogen-bond donors (Lipinski definition) is 3. The Hall–Kier alpha value is -2.24. The molecule has 1 heterocycles. The number of aliphatic hydroxyl groups is 1. The summed E-state index contributed by atoms with van der Waals surface area (Å²) in [5, 5.41) is 14.2. The topological polar surface area (TPSA) is 65.1 Å². The minimum Gasteiger partial charge on any atom is -0.388 e. The first kappa shape index (κ1) is 18.5. The average molecular weight is 369 g/mol. The highest BCUT2D eigenvalue weighted by atomic mass is 32.2. The zero-order chi connectivity index (χ0) is 18.4.